The maximum atomic E-state index is 12.8. The molecule has 2 aliphatic heterocycles. The van der Waals surface area contributed by atoms with E-state index < -0.39 is 0 Å². The Labute approximate surface area is 123 Å². The van der Waals surface area contributed by atoms with Gasteiger partial charge in [-0.3, -0.25) is 9.69 Å². The van der Waals surface area contributed by atoms with Crippen LogP contribution in [0.1, 0.15) is 52.9 Å². The summed E-state index contributed by atoms with van der Waals surface area (Å²) >= 11 is 0. The zero-order chi connectivity index (χ0) is 14.7. The number of amides is 1. The van der Waals surface area contributed by atoms with Gasteiger partial charge < -0.3 is 10.2 Å². The quantitative estimate of drug-likeness (QED) is 0.857. The number of nitrogens with one attached hydrogen (secondary N) is 1. The van der Waals surface area contributed by atoms with Crippen molar-refractivity contribution in [3.8, 4) is 0 Å². The molecule has 2 saturated heterocycles. The lowest BCUT2D eigenvalue weighted by atomic mass is 10.1. The predicted molar refractivity (Wildman–Crippen MR) is 82.7 cm³/mol. The summed E-state index contributed by atoms with van der Waals surface area (Å²) in [5.41, 5.74) is 0. The van der Waals surface area contributed by atoms with E-state index in [1.165, 1.54) is 19.3 Å². The summed E-state index contributed by atoms with van der Waals surface area (Å²) in [7, 11) is 2.00. The number of carbonyl (C=O) groups excluding carboxylic acids is 1. The number of rotatable bonds is 3. The smallest absolute Gasteiger partial charge is 0.239 e. The molecule has 0 aliphatic carbocycles. The number of likely N-dealkylation sites (N-methyl/N-ethyl adjacent to an activating group) is 1. The fourth-order valence-corrected chi connectivity index (χ4v) is 3.97. The highest BCUT2D eigenvalue weighted by molar-refractivity contribution is 5.81. The number of likely N-dealkylation sites (tertiary alicyclic amines) is 1. The third-order valence-electron chi connectivity index (χ3n) is 5.27. The zero-order valence-electron chi connectivity index (χ0n) is 13.6. The topological polar surface area (TPSA) is 35.6 Å². The molecule has 0 aromatic carbocycles. The molecule has 1 N–H and O–H groups in total. The molecule has 0 bridgehead atoms. The van der Waals surface area contributed by atoms with Crippen LogP contribution in [0.2, 0.25) is 0 Å². The van der Waals surface area contributed by atoms with Crippen LogP contribution in [-0.2, 0) is 4.79 Å². The summed E-state index contributed by atoms with van der Waals surface area (Å²) in [5.74, 6) is 0.303. The summed E-state index contributed by atoms with van der Waals surface area (Å²) in [6, 6.07) is 1.50. The van der Waals surface area contributed by atoms with Crippen molar-refractivity contribution in [1.29, 1.82) is 0 Å². The molecule has 0 aromatic heterocycles. The van der Waals surface area contributed by atoms with Crippen molar-refractivity contribution in [3.05, 3.63) is 0 Å². The second-order valence-electron chi connectivity index (χ2n) is 6.68. The molecule has 4 unspecified atom stereocenters. The first kappa shape index (κ1) is 15.8. The highest BCUT2D eigenvalue weighted by atomic mass is 16.2. The van der Waals surface area contributed by atoms with Gasteiger partial charge in [-0.05, 0) is 66.0 Å². The Morgan fingerprint density at radius 3 is 2.45 bits per heavy atom. The van der Waals surface area contributed by atoms with Gasteiger partial charge >= 0.3 is 0 Å². The minimum Gasteiger partial charge on any atom is -0.341 e. The third kappa shape index (κ3) is 3.34. The van der Waals surface area contributed by atoms with Gasteiger partial charge in [0.25, 0.3) is 0 Å². The second kappa shape index (κ2) is 6.90. The fourth-order valence-electron chi connectivity index (χ4n) is 3.97. The molecule has 4 heteroatoms. The van der Waals surface area contributed by atoms with Crippen LogP contribution in [0.15, 0.2) is 0 Å². The number of hydrogen-bond acceptors (Lipinski definition) is 3. The standard InChI is InChI=1S/C16H31N3O/c1-12-7-8-13(2)19(12)14(3)16(20)18(4)15-6-5-10-17-11-9-15/h12-15,17H,5-11H2,1-4H3. The minimum absolute atomic E-state index is 0.0173. The van der Waals surface area contributed by atoms with E-state index in [0.29, 0.717) is 24.0 Å². The van der Waals surface area contributed by atoms with Crippen molar-refractivity contribution < 1.29 is 4.79 Å². The largest absolute Gasteiger partial charge is 0.341 e. The normalized spacial score (nSPS) is 33.7. The molecule has 0 aromatic rings. The first-order valence-corrected chi connectivity index (χ1v) is 8.27. The second-order valence-corrected chi connectivity index (χ2v) is 6.68. The van der Waals surface area contributed by atoms with E-state index in [2.05, 4.69) is 31.0 Å². The Bertz CT molecular complexity index is 316. The molecule has 1 amide bonds. The molecule has 2 fully saturated rings. The van der Waals surface area contributed by atoms with Gasteiger partial charge in [0, 0.05) is 25.2 Å². The first-order valence-electron chi connectivity index (χ1n) is 8.27. The van der Waals surface area contributed by atoms with E-state index in [-0.39, 0.29) is 6.04 Å². The number of nitrogens with zero attached hydrogens (tertiary/aromatic N) is 2. The maximum absolute atomic E-state index is 12.8. The average molecular weight is 281 g/mol. The van der Waals surface area contributed by atoms with Crippen molar-refractivity contribution in [2.45, 2.75) is 77.0 Å². The van der Waals surface area contributed by atoms with Gasteiger partial charge in [-0.2, -0.15) is 0 Å². The summed E-state index contributed by atoms with van der Waals surface area (Å²) in [4.78, 5) is 17.2. The molecule has 4 atom stereocenters. The molecule has 0 spiro atoms. The molecule has 4 nitrogen and oxygen atoms in total. The van der Waals surface area contributed by atoms with E-state index in [1.54, 1.807) is 0 Å². The third-order valence-corrected chi connectivity index (χ3v) is 5.27. The molecule has 0 saturated carbocycles. The minimum atomic E-state index is 0.0173. The van der Waals surface area contributed by atoms with Gasteiger partial charge in [-0.25, -0.2) is 0 Å². The van der Waals surface area contributed by atoms with Crippen molar-refractivity contribution in [2.24, 2.45) is 0 Å². The van der Waals surface area contributed by atoms with Crippen LogP contribution in [0.3, 0.4) is 0 Å². The van der Waals surface area contributed by atoms with Crippen LogP contribution in [-0.4, -0.2) is 60.0 Å². The van der Waals surface area contributed by atoms with Gasteiger partial charge in [0.15, 0.2) is 0 Å². The summed E-state index contributed by atoms with van der Waals surface area (Å²) in [6.07, 6.45) is 5.83. The average Bonchev–Trinajstić information content (AvgIpc) is 2.66. The van der Waals surface area contributed by atoms with Crippen LogP contribution >= 0.6 is 0 Å². The molecule has 2 heterocycles. The lowest BCUT2D eigenvalue weighted by molar-refractivity contribution is -0.138. The van der Waals surface area contributed by atoms with Crippen molar-refractivity contribution in [3.63, 3.8) is 0 Å². The van der Waals surface area contributed by atoms with Gasteiger partial charge in [-0.15, -0.1) is 0 Å². The summed E-state index contributed by atoms with van der Waals surface area (Å²) < 4.78 is 0. The van der Waals surface area contributed by atoms with Gasteiger partial charge in [0.1, 0.15) is 0 Å². The monoisotopic (exact) mass is 281 g/mol. The van der Waals surface area contributed by atoms with Crippen LogP contribution in [0.4, 0.5) is 0 Å². The van der Waals surface area contributed by atoms with E-state index in [1.807, 2.05) is 11.9 Å². The highest BCUT2D eigenvalue weighted by Crippen LogP contribution is 2.27. The first-order chi connectivity index (χ1) is 9.52. The van der Waals surface area contributed by atoms with Crippen molar-refractivity contribution >= 4 is 5.91 Å². The number of carbonyl (C=O) groups is 1. The highest BCUT2D eigenvalue weighted by Gasteiger charge is 2.36. The van der Waals surface area contributed by atoms with Gasteiger partial charge in [-0.1, -0.05) is 0 Å². The Hall–Kier alpha value is -0.610. The molecule has 20 heavy (non-hydrogen) atoms. The predicted octanol–water partition coefficient (Wildman–Crippen LogP) is 1.85. The summed E-state index contributed by atoms with van der Waals surface area (Å²) in [5, 5.41) is 3.42. The summed E-state index contributed by atoms with van der Waals surface area (Å²) in [6.45, 7) is 8.72. The zero-order valence-corrected chi connectivity index (χ0v) is 13.6. The van der Waals surface area contributed by atoms with E-state index in [4.69, 9.17) is 0 Å². The Kier molecular flexibility index (Phi) is 5.44. The molecular weight excluding hydrogens is 250 g/mol. The molecule has 116 valence electrons. The van der Waals surface area contributed by atoms with Crippen LogP contribution in [0, 0.1) is 0 Å². The van der Waals surface area contributed by atoms with Crippen LogP contribution in [0.5, 0.6) is 0 Å². The van der Waals surface area contributed by atoms with Crippen molar-refractivity contribution in [1.82, 2.24) is 15.1 Å². The van der Waals surface area contributed by atoms with Gasteiger partial charge in [0.05, 0.1) is 6.04 Å². The van der Waals surface area contributed by atoms with Gasteiger partial charge in [0.2, 0.25) is 5.91 Å². The Morgan fingerprint density at radius 1 is 1.15 bits per heavy atom. The van der Waals surface area contributed by atoms with E-state index in [0.717, 1.165) is 25.9 Å². The van der Waals surface area contributed by atoms with Crippen LogP contribution < -0.4 is 5.32 Å². The Morgan fingerprint density at radius 2 is 1.80 bits per heavy atom. The van der Waals surface area contributed by atoms with Crippen LogP contribution in [0.25, 0.3) is 0 Å². The lowest BCUT2D eigenvalue weighted by Crippen LogP contribution is -2.52. The van der Waals surface area contributed by atoms with E-state index in [9.17, 15) is 4.79 Å². The lowest BCUT2D eigenvalue weighted by Gasteiger charge is -2.36. The molecule has 2 rings (SSSR count). The Balaban J connectivity index is 1.98. The fraction of sp³-hybridized carbons (Fsp3) is 0.938. The van der Waals surface area contributed by atoms with Crippen molar-refractivity contribution in [2.75, 3.05) is 20.1 Å². The number of hydrogen-bond donors (Lipinski definition) is 1. The SMILES string of the molecule is CC1CCC(C)N1C(C)C(=O)N(C)C1CCCNCC1. The molecule has 0 radical (unpaired) electrons. The molecular formula is C16H31N3O. The van der Waals surface area contributed by atoms with E-state index >= 15 is 0 Å². The molecule has 2 aliphatic rings. The maximum Gasteiger partial charge on any atom is 0.239 e.